The first-order chi connectivity index (χ1) is 11.6. The van der Waals surface area contributed by atoms with Gasteiger partial charge in [0.1, 0.15) is 17.3 Å². The number of hydrogen-bond acceptors (Lipinski definition) is 6. The zero-order valence-electron chi connectivity index (χ0n) is 13.3. The molecule has 0 spiro atoms. The van der Waals surface area contributed by atoms with Crippen LogP contribution in [0.1, 0.15) is 22.3 Å². The van der Waals surface area contributed by atoms with Crippen LogP contribution in [0.25, 0.3) is 10.9 Å². The summed E-state index contributed by atoms with van der Waals surface area (Å²) in [7, 11) is 1.57. The first kappa shape index (κ1) is 16.1. The molecule has 1 N–H and O–H groups in total. The molecule has 1 aromatic carbocycles. The number of amides is 1. The Labute approximate surface area is 142 Å². The van der Waals surface area contributed by atoms with E-state index in [1.54, 1.807) is 30.0 Å². The molecule has 124 valence electrons. The Hall–Kier alpha value is -2.74. The number of anilines is 1. The average molecular weight is 344 g/mol. The highest BCUT2D eigenvalue weighted by Crippen LogP contribution is 2.25. The lowest BCUT2D eigenvalue weighted by Gasteiger charge is -2.05. The third-order valence-electron chi connectivity index (χ3n) is 3.58. The summed E-state index contributed by atoms with van der Waals surface area (Å²) in [5.41, 5.74) is 1.31. The number of nitrogens with zero attached hydrogens (tertiary/aromatic N) is 3. The predicted octanol–water partition coefficient (Wildman–Crippen LogP) is 2.52. The number of fused-ring (bicyclic) bond motifs is 1. The molecule has 0 unspecified atom stereocenters. The Kier molecular flexibility index (Phi) is 4.57. The van der Waals surface area contributed by atoms with Crippen LogP contribution in [-0.4, -0.2) is 34.1 Å². The smallest absolute Gasteiger partial charge is 0.246 e. The van der Waals surface area contributed by atoms with Gasteiger partial charge in [-0.15, -0.1) is 10.2 Å². The van der Waals surface area contributed by atoms with Gasteiger partial charge in [0.2, 0.25) is 11.0 Å². The van der Waals surface area contributed by atoms with Crippen molar-refractivity contribution < 1.29 is 14.3 Å². The zero-order chi connectivity index (χ0) is 17.1. The number of aromatic nitrogens is 3. The molecule has 24 heavy (non-hydrogen) atoms. The fourth-order valence-corrected chi connectivity index (χ4v) is 3.11. The Morgan fingerprint density at radius 1 is 1.42 bits per heavy atom. The number of nitrogens with one attached hydrogen (secondary N) is 1. The summed E-state index contributed by atoms with van der Waals surface area (Å²) in [4.78, 5) is 23.5. The number of hydrogen-bond donors (Lipinski definition) is 1. The van der Waals surface area contributed by atoms with E-state index in [2.05, 4.69) is 15.5 Å². The average Bonchev–Trinajstić information content (AvgIpc) is 3.18. The van der Waals surface area contributed by atoms with Gasteiger partial charge in [-0.25, -0.2) is 0 Å². The van der Waals surface area contributed by atoms with Gasteiger partial charge in [0.25, 0.3) is 0 Å². The van der Waals surface area contributed by atoms with Gasteiger partial charge in [-0.2, -0.15) is 0 Å². The molecule has 1 amide bonds. The van der Waals surface area contributed by atoms with Crippen LogP contribution in [0.5, 0.6) is 5.75 Å². The van der Waals surface area contributed by atoms with Crippen molar-refractivity contribution >= 4 is 39.6 Å². The largest absolute Gasteiger partial charge is 0.497 e. The Balaban J connectivity index is 1.83. The highest BCUT2D eigenvalue weighted by Gasteiger charge is 2.13. The summed E-state index contributed by atoms with van der Waals surface area (Å²) in [5, 5.41) is 12.7. The number of benzene rings is 1. The van der Waals surface area contributed by atoms with E-state index >= 15 is 0 Å². The van der Waals surface area contributed by atoms with Gasteiger partial charge in [0, 0.05) is 22.7 Å². The number of rotatable bonds is 6. The summed E-state index contributed by atoms with van der Waals surface area (Å²) in [6, 6.07) is 5.41. The highest BCUT2D eigenvalue weighted by molar-refractivity contribution is 7.15. The minimum atomic E-state index is -0.223. The molecule has 3 rings (SSSR count). The molecule has 8 heteroatoms. The lowest BCUT2D eigenvalue weighted by Crippen LogP contribution is -2.18. The molecule has 2 aromatic heterocycles. The van der Waals surface area contributed by atoms with Crippen molar-refractivity contribution in [1.29, 1.82) is 0 Å². The third kappa shape index (κ3) is 3.13. The van der Waals surface area contributed by atoms with Gasteiger partial charge in [0.05, 0.1) is 7.11 Å². The lowest BCUT2D eigenvalue weighted by atomic mass is 10.2. The highest BCUT2D eigenvalue weighted by atomic mass is 32.1. The second-order valence-electron chi connectivity index (χ2n) is 5.12. The minimum Gasteiger partial charge on any atom is -0.497 e. The van der Waals surface area contributed by atoms with Crippen LogP contribution in [0, 0.1) is 0 Å². The number of aldehydes is 1. The van der Waals surface area contributed by atoms with E-state index in [-0.39, 0.29) is 12.5 Å². The van der Waals surface area contributed by atoms with Crippen molar-refractivity contribution in [3.05, 3.63) is 35.0 Å². The molecule has 0 bridgehead atoms. The van der Waals surface area contributed by atoms with Crippen molar-refractivity contribution in [2.45, 2.75) is 19.9 Å². The summed E-state index contributed by atoms with van der Waals surface area (Å²) in [6.07, 6.45) is 3.21. The van der Waals surface area contributed by atoms with Crippen LogP contribution in [0.2, 0.25) is 0 Å². The second-order valence-corrected chi connectivity index (χ2v) is 6.18. The molecule has 0 radical (unpaired) electrons. The maximum Gasteiger partial charge on any atom is 0.246 e. The fourth-order valence-electron chi connectivity index (χ4n) is 2.42. The molecule has 0 fully saturated rings. The monoisotopic (exact) mass is 344 g/mol. The first-order valence-corrected chi connectivity index (χ1v) is 8.20. The predicted molar refractivity (Wildman–Crippen MR) is 91.8 cm³/mol. The molecule has 2 heterocycles. The standard InChI is InChI=1S/C16H16N4O3S/c1-3-15-18-19-16(24-15)17-14(22)8-20-7-10(9-21)12-6-11(23-2)4-5-13(12)20/h4-7,9H,3,8H2,1-2H3,(H,17,19,22). The van der Waals surface area contributed by atoms with Crippen LogP contribution in [0.4, 0.5) is 5.13 Å². The molecule has 0 aliphatic carbocycles. The third-order valence-corrected chi connectivity index (χ3v) is 4.56. The molecule has 0 saturated heterocycles. The molecule has 0 aliphatic heterocycles. The molecule has 0 atom stereocenters. The zero-order valence-corrected chi connectivity index (χ0v) is 14.1. The van der Waals surface area contributed by atoms with Crippen LogP contribution in [0.3, 0.4) is 0 Å². The van der Waals surface area contributed by atoms with Gasteiger partial charge >= 0.3 is 0 Å². The van der Waals surface area contributed by atoms with Gasteiger partial charge in [-0.3, -0.25) is 14.9 Å². The van der Waals surface area contributed by atoms with E-state index in [0.717, 1.165) is 28.6 Å². The summed E-state index contributed by atoms with van der Waals surface area (Å²) < 4.78 is 6.92. The molecule has 0 aliphatic rings. The number of aryl methyl sites for hydroxylation is 1. The Bertz CT molecular complexity index is 900. The maximum absolute atomic E-state index is 12.2. The van der Waals surface area contributed by atoms with Gasteiger partial charge in [-0.05, 0) is 24.6 Å². The quantitative estimate of drug-likeness (QED) is 0.694. The maximum atomic E-state index is 12.2. The van der Waals surface area contributed by atoms with E-state index in [4.69, 9.17) is 4.74 Å². The summed E-state index contributed by atoms with van der Waals surface area (Å²) >= 11 is 1.35. The first-order valence-electron chi connectivity index (χ1n) is 7.39. The molecule has 0 saturated carbocycles. The van der Waals surface area contributed by atoms with Crippen LogP contribution in [-0.2, 0) is 17.8 Å². The second kappa shape index (κ2) is 6.79. The van der Waals surface area contributed by atoms with Gasteiger partial charge < -0.3 is 9.30 Å². The van der Waals surface area contributed by atoms with Crippen molar-refractivity contribution in [2.24, 2.45) is 0 Å². The Morgan fingerprint density at radius 2 is 2.25 bits per heavy atom. The number of ether oxygens (including phenoxy) is 1. The lowest BCUT2D eigenvalue weighted by molar-refractivity contribution is -0.116. The van der Waals surface area contributed by atoms with E-state index < -0.39 is 0 Å². The summed E-state index contributed by atoms with van der Waals surface area (Å²) in [5.74, 6) is 0.438. The topological polar surface area (TPSA) is 86.1 Å². The molecular formula is C16H16N4O3S. The van der Waals surface area contributed by atoms with E-state index in [1.165, 1.54) is 11.3 Å². The Morgan fingerprint density at radius 3 is 2.92 bits per heavy atom. The summed E-state index contributed by atoms with van der Waals surface area (Å²) in [6.45, 7) is 2.06. The molecule has 7 nitrogen and oxygen atoms in total. The fraction of sp³-hybridized carbons (Fsp3) is 0.250. The molecular weight excluding hydrogens is 328 g/mol. The van der Waals surface area contributed by atoms with Crippen LogP contribution >= 0.6 is 11.3 Å². The minimum absolute atomic E-state index is 0.0811. The van der Waals surface area contributed by atoms with Crippen molar-refractivity contribution in [2.75, 3.05) is 12.4 Å². The van der Waals surface area contributed by atoms with E-state index in [1.807, 2.05) is 13.0 Å². The van der Waals surface area contributed by atoms with E-state index in [9.17, 15) is 9.59 Å². The van der Waals surface area contributed by atoms with E-state index in [0.29, 0.717) is 16.4 Å². The van der Waals surface area contributed by atoms with Crippen molar-refractivity contribution in [3.8, 4) is 5.75 Å². The number of methoxy groups -OCH3 is 1. The van der Waals surface area contributed by atoms with Gasteiger partial charge in [-0.1, -0.05) is 18.3 Å². The SMILES string of the molecule is CCc1nnc(NC(=O)Cn2cc(C=O)c3cc(OC)ccc32)s1. The van der Waals surface area contributed by atoms with Gasteiger partial charge in [0.15, 0.2) is 6.29 Å². The number of carbonyl (C=O) groups is 2. The molecule has 3 aromatic rings. The van der Waals surface area contributed by atoms with Crippen molar-refractivity contribution in [3.63, 3.8) is 0 Å². The van der Waals surface area contributed by atoms with Crippen LogP contribution < -0.4 is 10.1 Å². The van der Waals surface area contributed by atoms with Crippen LogP contribution in [0.15, 0.2) is 24.4 Å². The number of carbonyl (C=O) groups excluding carboxylic acids is 2. The van der Waals surface area contributed by atoms with Crippen molar-refractivity contribution in [1.82, 2.24) is 14.8 Å². The normalized spacial score (nSPS) is 10.8.